The molecule has 1 N–H and O–H groups in total. The molecule has 2 fully saturated rings. The van der Waals surface area contributed by atoms with Gasteiger partial charge in [0.25, 0.3) is 0 Å². The smallest absolute Gasteiger partial charge is 0.127 e. The molecule has 2 aliphatic rings. The lowest BCUT2D eigenvalue weighted by atomic mass is 9.83. The van der Waals surface area contributed by atoms with Gasteiger partial charge in [0.1, 0.15) is 11.5 Å². The Hall–Kier alpha value is -1.02. The molecular formula is C17H25NO. The van der Waals surface area contributed by atoms with Crippen LogP contribution in [0.3, 0.4) is 0 Å². The Balaban J connectivity index is 1.71. The molecule has 19 heavy (non-hydrogen) atoms. The Morgan fingerprint density at radius 1 is 1.21 bits per heavy atom. The summed E-state index contributed by atoms with van der Waals surface area (Å²) in [6, 6.07) is 4.93. The normalized spacial score (nSPS) is 21.8. The van der Waals surface area contributed by atoms with E-state index in [0.717, 1.165) is 30.0 Å². The molecular weight excluding hydrogens is 234 g/mol. The zero-order valence-corrected chi connectivity index (χ0v) is 12.0. The van der Waals surface area contributed by atoms with Gasteiger partial charge in [-0.25, -0.2) is 0 Å². The van der Waals surface area contributed by atoms with Gasteiger partial charge in [-0.05, 0) is 62.3 Å². The third-order valence-electron chi connectivity index (χ3n) is 4.39. The first kappa shape index (κ1) is 13.0. The van der Waals surface area contributed by atoms with Gasteiger partial charge in [0.05, 0.1) is 0 Å². The first-order valence-electron chi connectivity index (χ1n) is 7.81. The minimum absolute atomic E-state index is 0.769. The highest BCUT2D eigenvalue weighted by Crippen LogP contribution is 2.31. The second-order valence-electron chi connectivity index (χ2n) is 6.16. The van der Waals surface area contributed by atoms with Gasteiger partial charge in [-0.1, -0.05) is 19.3 Å². The molecule has 0 aliphatic heterocycles. The van der Waals surface area contributed by atoms with Gasteiger partial charge in [-0.15, -0.1) is 0 Å². The van der Waals surface area contributed by atoms with Crippen LogP contribution in [-0.2, 0) is 0 Å². The molecule has 0 radical (unpaired) electrons. The molecule has 0 spiro atoms. The number of rotatable bonds is 5. The third-order valence-corrected chi connectivity index (χ3v) is 4.39. The SMILES string of the molecule is Cc1ccc(C=C(CNC2CC2)C2CCCCC2)o1. The van der Waals surface area contributed by atoms with Crippen LogP contribution in [0, 0.1) is 12.8 Å². The van der Waals surface area contributed by atoms with Crippen molar-refractivity contribution in [3.8, 4) is 0 Å². The number of hydrogen-bond donors (Lipinski definition) is 1. The van der Waals surface area contributed by atoms with Gasteiger partial charge in [0.2, 0.25) is 0 Å². The minimum Gasteiger partial charge on any atom is -0.462 e. The summed E-state index contributed by atoms with van der Waals surface area (Å²) in [6.45, 7) is 3.06. The van der Waals surface area contributed by atoms with Gasteiger partial charge in [0, 0.05) is 12.6 Å². The van der Waals surface area contributed by atoms with E-state index in [4.69, 9.17) is 4.42 Å². The lowest BCUT2D eigenvalue weighted by Crippen LogP contribution is -2.23. The maximum absolute atomic E-state index is 5.72. The summed E-state index contributed by atoms with van der Waals surface area (Å²) in [5.41, 5.74) is 1.56. The molecule has 2 saturated carbocycles. The second-order valence-corrected chi connectivity index (χ2v) is 6.16. The fourth-order valence-electron chi connectivity index (χ4n) is 3.05. The van der Waals surface area contributed by atoms with Crippen LogP contribution >= 0.6 is 0 Å². The van der Waals surface area contributed by atoms with Crippen molar-refractivity contribution < 1.29 is 4.42 Å². The van der Waals surface area contributed by atoms with Gasteiger partial charge in [-0.2, -0.15) is 0 Å². The van der Waals surface area contributed by atoms with E-state index in [1.165, 1.54) is 44.9 Å². The minimum atomic E-state index is 0.769. The maximum atomic E-state index is 5.72. The fraction of sp³-hybridized carbons (Fsp3) is 0.647. The van der Waals surface area contributed by atoms with Gasteiger partial charge in [-0.3, -0.25) is 0 Å². The summed E-state index contributed by atoms with van der Waals surface area (Å²) in [6.07, 6.45) is 11.9. The van der Waals surface area contributed by atoms with Crippen LogP contribution in [0.4, 0.5) is 0 Å². The average molecular weight is 259 g/mol. The predicted octanol–water partition coefficient (Wildman–Crippen LogP) is 4.30. The summed E-state index contributed by atoms with van der Waals surface area (Å²) in [5.74, 6) is 2.80. The van der Waals surface area contributed by atoms with Crippen LogP contribution in [0.15, 0.2) is 22.1 Å². The molecule has 0 atom stereocenters. The summed E-state index contributed by atoms with van der Waals surface area (Å²) in [5, 5.41) is 3.67. The monoisotopic (exact) mass is 259 g/mol. The lowest BCUT2D eigenvalue weighted by molar-refractivity contribution is 0.395. The van der Waals surface area contributed by atoms with Crippen molar-refractivity contribution in [3.63, 3.8) is 0 Å². The zero-order valence-electron chi connectivity index (χ0n) is 12.0. The van der Waals surface area contributed by atoms with Crippen LogP contribution in [0.5, 0.6) is 0 Å². The summed E-state index contributed by atoms with van der Waals surface area (Å²) < 4.78 is 5.72. The molecule has 0 saturated heterocycles. The molecule has 0 unspecified atom stereocenters. The largest absolute Gasteiger partial charge is 0.462 e. The topological polar surface area (TPSA) is 25.2 Å². The molecule has 1 aromatic rings. The summed E-state index contributed by atoms with van der Waals surface area (Å²) >= 11 is 0. The van der Waals surface area contributed by atoms with Crippen molar-refractivity contribution in [3.05, 3.63) is 29.2 Å². The van der Waals surface area contributed by atoms with Gasteiger partial charge >= 0.3 is 0 Å². The Labute approximate surface area is 116 Å². The highest BCUT2D eigenvalue weighted by atomic mass is 16.3. The van der Waals surface area contributed by atoms with E-state index in [9.17, 15) is 0 Å². The molecule has 2 heteroatoms. The van der Waals surface area contributed by atoms with Crippen LogP contribution in [0.2, 0.25) is 0 Å². The maximum Gasteiger partial charge on any atom is 0.127 e. The molecule has 0 amide bonds. The van der Waals surface area contributed by atoms with Crippen molar-refractivity contribution in [2.24, 2.45) is 5.92 Å². The second kappa shape index (κ2) is 5.96. The first-order valence-corrected chi connectivity index (χ1v) is 7.81. The molecule has 1 aromatic heterocycles. The molecule has 104 valence electrons. The van der Waals surface area contributed by atoms with Crippen molar-refractivity contribution in [1.29, 1.82) is 0 Å². The number of furan rings is 1. The molecule has 0 bridgehead atoms. The summed E-state index contributed by atoms with van der Waals surface area (Å²) in [7, 11) is 0. The van der Waals surface area contributed by atoms with E-state index in [2.05, 4.69) is 23.5 Å². The lowest BCUT2D eigenvalue weighted by Gasteiger charge is -2.25. The van der Waals surface area contributed by atoms with Crippen molar-refractivity contribution in [2.75, 3.05) is 6.54 Å². The highest BCUT2D eigenvalue weighted by Gasteiger charge is 2.23. The van der Waals surface area contributed by atoms with E-state index in [1.807, 2.05) is 6.92 Å². The van der Waals surface area contributed by atoms with Crippen molar-refractivity contribution in [2.45, 2.75) is 57.9 Å². The fourth-order valence-corrected chi connectivity index (χ4v) is 3.05. The van der Waals surface area contributed by atoms with E-state index in [1.54, 1.807) is 5.57 Å². The van der Waals surface area contributed by atoms with Gasteiger partial charge < -0.3 is 9.73 Å². The van der Waals surface area contributed by atoms with E-state index >= 15 is 0 Å². The molecule has 2 aliphatic carbocycles. The van der Waals surface area contributed by atoms with Crippen molar-refractivity contribution >= 4 is 6.08 Å². The third kappa shape index (κ3) is 3.73. The van der Waals surface area contributed by atoms with Gasteiger partial charge in [0.15, 0.2) is 0 Å². The Morgan fingerprint density at radius 2 is 2.00 bits per heavy atom. The molecule has 0 aromatic carbocycles. The Morgan fingerprint density at radius 3 is 2.63 bits per heavy atom. The quantitative estimate of drug-likeness (QED) is 0.852. The highest BCUT2D eigenvalue weighted by molar-refractivity contribution is 5.49. The number of hydrogen-bond acceptors (Lipinski definition) is 2. The summed E-state index contributed by atoms with van der Waals surface area (Å²) in [4.78, 5) is 0. The van der Waals surface area contributed by atoms with Crippen LogP contribution in [0.25, 0.3) is 6.08 Å². The number of aryl methyl sites for hydroxylation is 1. The van der Waals surface area contributed by atoms with Crippen LogP contribution in [-0.4, -0.2) is 12.6 Å². The zero-order chi connectivity index (χ0) is 13.1. The van der Waals surface area contributed by atoms with Crippen LogP contribution < -0.4 is 5.32 Å². The molecule has 2 nitrogen and oxygen atoms in total. The van der Waals surface area contributed by atoms with E-state index < -0.39 is 0 Å². The Kier molecular flexibility index (Phi) is 4.07. The van der Waals surface area contributed by atoms with E-state index in [0.29, 0.717) is 0 Å². The first-order chi connectivity index (χ1) is 9.31. The standard InChI is InChI=1S/C17H25NO/c1-13-7-10-17(19-13)11-15(12-18-16-8-9-16)14-5-3-2-4-6-14/h7,10-11,14,16,18H,2-6,8-9,12H2,1H3. The van der Waals surface area contributed by atoms with Crippen molar-refractivity contribution in [1.82, 2.24) is 5.32 Å². The van der Waals surface area contributed by atoms with Crippen LogP contribution in [0.1, 0.15) is 56.5 Å². The Bertz CT molecular complexity index is 436. The average Bonchev–Trinajstić information content (AvgIpc) is 3.18. The number of nitrogens with one attached hydrogen (secondary N) is 1. The van der Waals surface area contributed by atoms with E-state index in [-0.39, 0.29) is 0 Å². The predicted molar refractivity (Wildman–Crippen MR) is 79.0 cm³/mol. The molecule has 1 heterocycles. The molecule has 3 rings (SSSR count).